The van der Waals surface area contributed by atoms with Crippen molar-refractivity contribution in [1.82, 2.24) is 9.78 Å². The topological polar surface area (TPSA) is 84.2 Å². The molecule has 0 radical (unpaired) electrons. The first-order chi connectivity index (χ1) is 12.1. The smallest absolute Gasteiger partial charge is 0.434 e. The molecule has 1 unspecified atom stereocenters. The van der Waals surface area contributed by atoms with E-state index in [0.29, 0.717) is 23.0 Å². The van der Waals surface area contributed by atoms with Crippen molar-refractivity contribution in [2.45, 2.75) is 32.9 Å². The van der Waals surface area contributed by atoms with Crippen molar-refractivity contribution < 1.29 is 27.9 Å². The number of carbonyl (C=O) groups excluding carboxylic acids is 1. The van der Waals surface area contributed by atoms with E-state index in [2.05, 4.69) is 10.4 Å². The maximum atomic E-state index is 13.2. The average Bonchev–Trinajstić information content (AvgIpc) is 3.01. The average molecular weight is 369 g/mol. The zero-order valence-electron chi connectivity index (χ0n) is 14.2. The van der Waals surface area contributed by atoms with Crippen LogP contribution in [0.3, 0.4) is 0 Å². The normalized spacial score (nSPS) is 12.7. The van der Waals surface area contributed by atoms with Gasteiger partial charge >= 0.3 is 12.1 Å². The summed E-state index contributed by atoms with van der Waals surface area (Å²) in [5, 5.41) is 15.1. The monoisotopic (exact) mass is 369 g/mol. The Morgan fingerprint density at radius 3 is 2.38 bits per heavy atom. The van der Waals surface area contributed by atoms with Gasteiger partial charge in [0.15, 0.2) is 5.69 Å². The van der Waals surface area contributed by atoms with E-state index in [1.54, 1.807) is 0 Å². The van der Waals surface area contributed by atoms with Crippen LogP contribution in [-0.4, -0.2) is 26.8 Å². The SMILES string of the molecule is CCC(C)CC(=O)Nc1ccc(-n2ncc(C(=O)O)c2C(F)(F)F)cc1. The first kappa shape index (κ1) is 19.5. The molecule has 0 saturated carbocycles. The molecule has 0 spiro atoms. The van der Waals surface area contributed by atoms with Crippen LogP contribution in [0, 0.1) is 5.92 Å². The summed E-state index contributed by atoms with van der Waals surface area (Å²) < 4.78 is 40.2. The quantitative estimate of drug-likeness (QED) is 0.807. The molecule has 6 nitrogen and oxygen atoms in total. The molecule has 26 heavy (non-hydrogen) atoms. The van der Waals surface area contributed by atoms with Crippen molar-refractivity contribution in [3.63, 3.8) is 0 Å². The molecule has 0 aliphatic carbocycles. The lowest BCUT2D eigenvalue weighted by Gasteiger charge is -2.13. The van der Waals surface area contributed by atoms with Gasteiger partial charge in [-0.2, -0.15) is 18.3 Å². The number of hydrogen-bond acceptors (Lipinski definition) is 3. The van der Waals surface area contributed by atoms with Crippen LogP contribution in [0.4, 0.5) is 18.9 Å². The number of aromatic carboxylic acids is 1. The molecule has 1 aromatic heterocycles. The van der Waals surface area contributed by atoms with E-state index in [1.165, 1.54) is 24.3 Å². The highest BCUT2D eigenvalue weighted by molar-refractivity contribution is 5.91. The Bertz CT molecular complexity index is 798. The molecule has 0 saturated heterocycles. The van der Waals surface area contributed by atoms with Gasteiger partial charge in [-0.15, -0.1) is 0 Å². The third kappa shape index (κ3) is 4.41. The van der Waals surface area contributed by atoms with Crippen LogP contribution in [0.1, 0.15) is 42.7 Å². The molecule has 9 heteroatoms. The van der Waals surface area contributed by atoms with Gasteiger partial charge in [0.05, 0.1) is 11.9 Å². The molecule has 1 amide bonds. The maximum Gasteiger partial charge on any atom is 0.434 e. The molecular weight excluding hydrogens is 351 g/mol. The number of alkyl halides is 3. The second-order valence-corrected chi connectivity index (χ2v) is 5.93. The fourth-order valence-corrected chi connectivity index (χ4v) is 2.33. The maximum absolute atomic E-state index is 13.2. The van der Waals surface area contributed by atoms with Gasteiger partial charge in [0, 0.05) is 12.1 Å². The van der Waals surface area contributed by atoms with Crippen molar-refractivity contribution in [1.29, 1.82) is 0 Å². The number of rotatable bonds is 6. The number of amides is 1. The second-order valence-electron chi connectivity index (χ2n) is 5.93. The van der Waals surface area contributed by atoms with Crippen LogP contribution in [0.2, 0.25) is 0 Å². The lowest BCUT2D eigenvalue weighted by Crippen LogP contribution is -2.17. The van der Waals surface area contributed by atoms with E-state index in [-0.39, 0.29) is 17.5 Å². The summed E-state index contributed by atoms with van der Waals surface area (Å²) >= 11 is 0. The van der Waals surface area contributed by atoms with Crippen LogP contribution >= 0.6 is 0 Å². The lowest BCUT2D eigenvalue weighted by atomic mass is 10.1. The largest absolute Gasteiger partial charge is 0.478 e. The number of aromatic nitrogens is 2. The van der Waals surface area contributed by atoms with E-state index in [1.807, 2.05) is 13.8 Å². The molecule has 1 atom stereocenters. The summed E-state index contributed by atoms with van der Waals surface area (Å²) in [6.07, 6.45) is -3.02. The Balaban J connectivity index is 2.26. The van der Waals surface area contributed by atoms with Crippen molar-refractivity contribution >= 4 is 17.6 Å². The second kappa shape index (κ2) is 7.59. The fourth-order valence-electron chi connectivity index (χ4n) is 2.33. The van der Waals surface area contributed by atoms with E-state index in [0.717, 1.165) is 6.42 Å². The van der Waals surface area contributed by atoms with Crippen molar-refractivity contribution in [2.75, 3.05) is 5.32 Å². The Kier molecular flexibility index (Phi) is 5.69. The molecule has 1 heterocycles. The van der Waals surface area contributed by atoms with Crippen molar-refractivity contribution in [3.8, 4) is 5.69 Å². The zero-order valence-corrected chi connectivity index (χ0v) is 14.2. The van der Waals surface area contributed by atoms with Crippen LogP contribution in [0.15, 0.2) is 30.5 Å². The highest BCUT2D eigenvalue weighted by atomic mass is 19.4. The van der Waals surface area contributed by atoms with Gasteiger partial charge in [0.2, 0.25) is 5.91 Å². The highest BCUT2D eigenvalue weighted by Gasteiger charge is 2.40. The minimum atomic E-state index is -4.88. The van der Waals surface area contributed by atoms with Gasteiger partial charge < -0.3 is 10.4 Å². The predicted octanol–water partition coefficient (Wildman–Crippen LogP) is 3.96. The Labute approximate surface area is 147 Å². The van der Waals surface area contributed by atoms with Gasteiger partial charge in [0.1, 0.15) is 5.56 Å². The minimum Gasteiger partial charge on any atom is -0.478 e. The van der Waals surface area contributed by atoms with Crippen LogP contribution in [-0.2, 0) is 11.0 Å². The number of anilines is 1. The van der Waals surface area contributed by atoms with Crippen LogP contribution in [0.25, 0.3) is 5.69 Å². The standard InChI is InChI=1S/C17H18F3N3O3/c1-3-10(2)8-14(24)22-11-4-6-12(7-5-11)23-15(17(18,19)20)13(9-21-23)16(25)26/h4-7,9-10H,3,8H2,1-2H3,(H,22,24)(H,25,26). The summed E-state index contributed by atoms with van der Waals surface area (Å²) in [7, 11) is 0. The third-order valence-corrected chi connectivity index (χ3v) is 3.89. The van der Waals surface area contributed by atoms with Crippen LogP contribution < -0.4 is 5.32 Å². The molecule has 2 rings (SSSR count). The molecule has 0 aliphatic heterocycles. The van der Waals surface area contributed by atoms with E-state index < -0.39 is 23.4 Å². The summed E-state index contributed by atoms with van der Waals surface area (Å²) in [4.78, 5) is 22.9. The summed E-state index contributed by atoms with van der Waals surface area (Å²) in [6, 6.07) is 5.53. The highest BCUT2D eigenvalue weighted by Crippen LogP contribution is 2.33. The van der Waals surface area contributed by atoms with E-state index in [9.17, 15) is 22.8 Å². The van der Waals surface area contributed by atoms with Gasteiger partial charge in [-0.3, -0.25) is 4.79 Å². The molecule has 2 N–H and O–H groups in total. The number of carboxylic acids is 1. The first-order valence-electron chi connectivity index (χ1n) is 7.92. The van der Waals surface area contributed by atoms with Gasteiger partial charge in [-0.1, -0.05) is 20.3 Å². The molecule has 140 valence electrons. The molecule has 0 aliphatic rings. The molecular formula is C17H18F3N3O3. The van der Waals surface area contributed by atoms with Crippen molar-refractivity contribution in [2.24, 2.45) is 5.92 Å². The molecule has 2 aromatic rings. The molecule has 0 fully saturated rings. The number of carboxylic acid groups (broad SMARTS) is 1. The van der Waals surface area contributed by atoms with Crippen molar-refractivity contribution in [3.05, 3.63) is 41.7 Å². The van der Waals surface area contributed by atoms with Gasteiger partial charge in [0.25, 0.3) is 0 Å². The number of benzene rings is 1. The summed E-state index contributed by atoms with van der Waals surface area (Å²) in [6.45, 7) is 3.92. The fraction of sp³-hybridized carbons (Fsp3) is 0.353. The van der Waals surface area contributed by atoms with Gasteiger partial charge in [-0.05, 0) is 30.2 Å². The Morgan fingerprint density at radius 1 is 1.27 bits per heavy atom. The first-order valence-corrected chi connectivity index (χ1v) is 7.92. The number of carbonyl (C=O) groups is 2. The van der Waals surface area contributed by atoms with E-state index >= 15 is 0 Å². The number of nitrogens with zero attached hydrogens (tertiary/aromatic N) is 2. The van der Waals surface area contributed by atoms with Gasteiger partial charge in [-0.25, -0.2) is 9.48 Å². The van der Waals surface area contributed by atoms with Crippen LogP contribution in [0.5, 0.6) is 0 Å². The lowest BCUT2D eigenvalue weighted by molar-refractivity contribution is -0.143. The predicted molar refractivity (Wildman–Crippen MR) is 88.2 cm³/mol. The summed E-state index contributed by atoms with van der Waals surface area (Å²) in [5.41, 5.74) is -1.83. The number of hydrogen-bond donors (Lipinski definition) is 2. The Morgan fingerprint density at radius 2 is 1.88 bits per heavy atom. The third-order valence-electron chi connectivity index (χ3n) is 3.89. The summed E-state index contributed by atoms with van der Waals surface area (Å²) in [5.74, 6) is -1.67. The van der Waals surface area contributed by atoms with E-state index in [4.69, 9.17) is 5.11 Å². The Hall–Kier alpha value is -2.84. The zero-order chi connectivity index (χ0) is 19.5. The molecule has 1 aromatic carbocycles. The minimum absolute atomic E-state index is 0.0322. The number of halogens is 3. The number of nitrogens with one attached hydrogen (secondary N) is 1. The molecule has 0 bridgehead atoms.